The lowest BCUT2D eigenvalue weighted by molar-refractivity contribution is -0.114. The molecule has 1 aromatic heterocycles. The number of hydrogen-bond donors (Lipinski definition) is 2. The summed E-state index contributed by atoms with van der Waals surface area (Å²) in [6, 6.07) is 11.6. The van der Waals surface area contributed by atoms with Crippen molar-refractivity contribution < 1.29 is 14.0 Å². The van der Waals surface area contributed by atoms with Gasteiger partial charge in [0.1, 0.15) is 11.6 Å². The molecule has 1 saturated carbocycles. The average Bonchev–Trinajstić information content (AvgIpc) is 3.70. The van der Waals surface area contributed by atoms with Gasteiger partial charge in [0.15, 0.2) is 0 Å². The minimum atomic E-state index is -0.445. The van der Waals surface area contributed by atoms with Gasteiger partial charge in [-0.05, 0) is 69.5 Å². The normalized spacial score (nSPS) is 16.1. The monoisotopic (exact) mass is 515 g/mol. The summed E-state index contributed by atoms with van der Waals surface area (Å²) in [6.07, 6.45) is 3.58. The second-order valence-electron chi connectivity index (χ2n) is 9.79. The smallest absolute Gasteiger partial charge is 0.333 e. The van der Waals surface area contributed by atoms with Crippen LogP contribution in [0.15, 0.2) is 53.3 Å². The molecule has 2 heterocycles. The van der Waals surface area contributed by atoms with Gasteiger partial charge in [-0.15, -0.1) is 0 Å². The Morgan fingerprint density at radius 3 is 2.47 bits per heavy atom. The van der Waals surface area contributed by atoms with E-state index in [0.29, 0.717) is 39.7 Å². The molecule has 8 nitrogen and oxygen atoms in total. The number of carbonyl (C=O) groups excluding carboxylic acids is 2. The van der Waals surface area contributed by atoms with Gasteiger partial charge in [0.05, 0.1) is 28.3 Å². The number of urea groups is 1. The van der Waals surface area contributed by atoms with Crippen LogP contribution in [0.1, 0.15) is 43.4 Å². The zero-order chi connectivity index (χ0) is 27.3. The molecule has 0 bridgehead atoms. The molecular formula is C29H30FN5O3. The molecule has 38 heavy (non-hydrogen) atoms. The van der Waals surface area contributed by atoms with Crippen molar-refractivity contribution in [2.45, 2.75) is 46.6 Å². The second kappa shape index (κ2) is 9.48. The molecule has 9 heteroatoms. The van der Waals surface area contributed by atoms with Crippen molar-refractivity contribution >= 4 is 46.2 Å². The number of allylic oxidation sites excluding steroid dienone is 1. The van der Waals surface area contributed by atoms with E-state index in [-0.39, 0.29) is 29.2 Å². The highest BCUT2D eigenvalue weighted by molar-refractivity contribution is 6.12. The number of pyridine rings is 1. The minimum absolute atomic E-state index is 0.0179. The van der Waals surface area contributed by atoms with Crippen LogP contribution in [-0.4, -0.2) is 27.4 Å². The number of nitrogens with one attached hydrogen (secondary N) is 2. The molecule has 2 N–H and O–H groups in total. The Morgan fingerprint density at radius 2 is 1.84 bits per heavy atom. The summed E-state index contributed by atoms with van der Waals surface area (Å²) in [6.45, 7) is 6.76. The fourth-order valence-corrected chi connectivity index (χ4v) is 5.00. The number of hydrogen-bond acceptors (Lipinski definition) is 4. The summed E-state index contributed by atoms with van der Waals surface area (Å²) >= 11 is 0. The van der Waals surface area contributed by atoms with Gasteiger partial charge in [0.25, 0.3) is 5.56 Å². The first-order valence-corrected chi connectivity index (χ1v) is 12.6. The zero-order valence-corrected chi connectivity index (χ0v) is 22.1. The Hall–Kier alpha value is -4.40. The third kappa shape index (κ3) is 4.23. The highest BCUT2D eigenvalue weighted by Gasteiger charge is 2.45. The Labute approximate surface area is 220 Å². The van der Waals surface area contributed by atoms with Crippen LogP contribution < -0.4 is 21.1 Å². The van der Waals surface area contributed by atoms with Crippen LogP contribution in [0.5, 0.6) is 0 Å². The maximum Gasteiger partial charge on any atom is 0.333 e. The van der Waals surface area contributed by atoms with Crippen LogP contribution in [0, 0.1) is 19.7 Å². The Kier molecular flexibility index (Phi) is 6.30. The van der Waals surface area contributed by atoms with E-state index in [1.807, 2.05) is 13.0 Å². The molecular weight excluding hydrogens is 485 g/mol. The average molecular weight is 516 g/mol. The Balaban J connectivity index is 1.80. The molecule has 3 aromatic rings. The summed E-state index contributed by atoms with van der Waals surface area (Å²) in [5.74, 6) is -0.299. The highest BCUT2D eigenvalue weighted by atomic mass is 19.1. The first-order valence-electron chi connectivity index (χ1n) is 12.6. The maximum atomic E-state index is 15.0. The molecule has 0 unspecified atom stereocenters. The van der Waals surface area contributed by atoms with Gasteiger partial charge >= 0.3 is 6.03 Å². The highest BCUT2D eigenvalue weighted by Crippen LogP contribution is 2.49. The summed E-state index contributed by atoms with van der Waals surface area (Å²) < 4.78 is 16.4. The number of aromatic nitrogens is 1. The van der Waals surface area contributed by atoms with Crippen molar-refractivity contribution in [2.24, 2.45) is 7.05 Å². The molecule has 3 amide bonds. The lowest BCUT2D eigenvalue weighted by Crippen LogP contribution is -2.47. The number of aryl methyl sites for hydroxylation is 1. The van der Waals surface area contributed by atoms with Crippen LogP contribution >= 0.6 is 0 Å². The van der Waals surface area contributed by atoms with Gasteiger partial charge in [0, 0.05) is 31.3 Å². The number of halogens is 1. The van der Waals surface area contributed by atoms with Crippen molar-refractivity contribution in [3.8, 4) is 0 Å². The summed E-state index contributed by atoms with van der Waals surface area (Å²) in [5, 5.41) is 5.92. The van der Waals surface area contributed by atoms with E-state index in [4.69, 9.17) is 0 Å². The third-order valence-electron chi connectivity index (χ3n) is 6.91. The molecule has 0 saturated heterocycles. The molecule has 1 aliphatic carbocycles. The third-order valence-corrected chi connectivity index (χ3v) is 6.91. The zero-order valence-electron chi connectivity index (χ0n) is 22.1. The molecule has 5 rings (SSSR count). The number of nitrogens with zero attached hydrogens (tertiary/aromatic N) is 3. The lowest BCUT2D eigenvalue weighted by atomic mass is 9.99. The van der Waals surface area contributed by atoms with E-state index in [9.17, 15) is 18.8 Å². The standard InChI is InChI=1S/C29H30FN5O3/c1-6-24-25-26(17(3)28(37)33(5)27(25)32-23-13-10-16(2)14-22(23)30)35(29(38)34(24)20-11-12-20)21-9-7-8-19(15-21)31-18(4)36/h6-10,13-15,20,32H,11-12H2,1-5H3,(H,31,36). The molecule has 0 spiro atoms. The number of carbonyl (C=O) groups is 2. The van der Waals surface area contributed by atoms with Crippen molar-refractivity contribution in [3.05, 3.63) is 81.4 Å². The van der Waals surface area contributed by atoms with Gasteiger partial charge < -0.3 is 10.6 Å². The second-order valence-corrected chi connectivity index (χ2v) is 9.79. The maximum absolute atomic E-state index is 15.0. The largest absolute Gasteiger partial charge is 0.339 e. The van der Waals surface area contributed by atoms with Crippen LogP contribution in [0.3, 0.4) is 0 Å². The SMILES string of the molecule is CC=C1c2c(c(C)c(=O)n(C)c2Nc2ccc(C)cc2F)N(c2cccc(NC(C)=O)c2)C(=O)N1C1CC1. The fraction of sp³-hybridized carbons (Fsp3) is 0.276. The molecule has 0 radical (unpaired) electrons. The predicted molar refractivity (Wildman–Crippen MR) is 148 cm³/mol. The number of amides is 3. The van der Waals surface area contributed by atoms with Crippen LogP contribution in [0.2, 0.25) is 0 Å². The van der Waals surface area contributed by atoms with Gasteiger partial charge in [-0.2, -0.15) is 0 Å². The minimum Gasteiger partial charge on any atom is -0.339 e. The van der Waals surface area contributed by atoms with Crippen LogP contribution in [0.4, 0.5) is 37.8 Å². The van der Waals surface area contributed by atoms with E-state index in [2.05, 4.69) is 10.6 Å². The first kappa shape index (κ1) is 25.3. The van der Waals surface area contributed by atoms with E-state index in [1.54, 1.807) is 62.2 Å². The van der Waals surface area contributed by atoms with Crippen molar-refractivity contribution in [2.75, 3.05) is 15.5 Å². The van der Waals surface area contributed by atoms with Crippen molar-refractivity contribution in [3.63, 3.8) is 0 Å². The first-order chi connectivity index (χ1) is 18.1. The fourth-order valence-electron chi connectivity index (χ4n) is 5.00. The molecule has 1 aliphatic heterocycles. The van der Waals surface area contributed by atoms with E-state index in [0.717, 1.165) is 18.4 Å². The van der Waals surface area contributed by atoms with Gasteiger partial charge in [0.2, 0.25) is 5.91 Å². The summed E-state index contributed by atoms with van der Waals surface area (Å²) in [7, 11) is 1.64. The lowest BCUT2D eigenvalue weighted by Gasteiger charge is -2.41. The van der Waals surface area contributed by atoms with Crippen molar-refractivity contribution in [1.29, 1.82) is 0 Å². The molecule has 2 aromatic carbocycles. The van der Waals surface area contributed by atoms with E-state index >= 15 is 0 Å². The van der Waals surface area contributed by atoms with E-state index in [1.165, 1.54) is 22.5 Å². The Bertz CT molecular complexity index is 1570. The van der Waals surface area contributed by atoms with Crippen molar-refractivity contribution in [1.82, 2.24) is 9.47 Å². The molecule has 0 atom stereocenters. The van der Waals surface area contributed by atoms with Gasteiger partial charge in [-0.3, -0.25) is 24.0 Å². The van der Waals surface area contributed by atoms with Crippen LogP contribution in [0.25, 0.3) is 5.70 Å². The van der Waals surface area contributed by atoms with E-state index < -0.39 is 5.82 Å². The molecule has 2 aliphatic rings. The molecule has 196 valence electrons. The predicted octanol–water partition coefficient (Wildman–Crippen LogP) is 5.94. The molecule has 1 fully saturated rings. The topological polar surface area (TPSA) is 86.7 Å². The Morgan fingerprint density at radius 1 is 1.11 bits per heavy atom. The number of fused-ring (bicyclic) bond motifs is 1. The number of benzene rings is 2. The van der Waals surface area contributed by atoms with Gasteiger partial charge in [-0.25, -0.2) is 9.18 Å². The number of anilines is 5. The number of rotatable bonds is 5. The van der Waals surface area contributed by atoms with Gasteiger partial charge in [-0.1, -0.05) is 18.2 Å². The summed E-state index contributed by atoms with van der Waals surface area (Å²) in [4.78, 5) is 42.6. The van der Waals surface area contributed by atoms with Crippen LogP contribution in [-0.2, 0) is 11.8 Å². The summed E-state index contributed by atoms with van der Waals surface area (Å²) in [5.41, 5.74) is 3.82. The quantitative estimate of drug-likeness (QED) is 0.440.